The van der Waals surface area contributed by atoms with Gasteiger partial charge in [-0.1, -0.05) is 269 Å². The van der Waals surface area contributed by atoms with Crippen LogP contribution in [0.15, 0.2) is 24.3 Å². The molecule has 0 aliphatic rings. The molecule has 3 unspecified atom stereocenters. The van der Waals surface area contributed by atoms with Crippen LogP contribution in [-0.4, -0.2) is 46.1 Å². The molecule has 0 radical (unpaired) electrons. The van der Waals surface area contributed by atoms with E-state index < -0.39 is 24.2 Å². The number of rotatable bonds is 49. The van der Waals surface area contributed by atoms with Crippen LogP contribution in [-0.2, 0) is 4.79 Å². The van der Waals surface area contributed by atoms with Gasteiger partial charge >= 0.3 is 0 Å². The number of aliphatic hydroxyl groups excluding tert-OH is 3. The molecule has 0 aliphatic heterocycles. The van der Waals surface area contributed by atoms with Gasteiger partial charge < -0.3 is 20.6 Å². The Hall–Kier alpha value is -1.17. The molecule has 4 N–H and O–H groups in total. The Morgan fingerprint density at radius 3 is 0.983 bits per heavy atom. The number of aliphatic hydroxyl groups is 3. The second kappa shape index (κ2) is 49.5. The van der Waals surface area contributed by atoms with Gasteiger partial charge in [-0.05, 0) is 44.9 Å². The molecular formula is C54H105NO4. The lowest BCUT2D eigenvalue weighted by molar-refractivity contribution is -0.131. The minimum Gasteiger partial charge on any atom is -0.394 e. The molecule has 0 aliphatic carbocycles. The molecule has 59 heavy (non-hydrogen) atoms. The van der Waals surface area contributed by atoms with Gasteiger partial charge in [0, 0.05) is 0 Å². The number of amides is 1. The molecule has 0 saturated heterocycles. The maximum Gasteiger partial charge on any atom is 0.249 e. The van der Waals surface area contributed by atoms with Crippen molar-refractivity contribution < 1.29 is 20.1 Å². The van der Waals surface area contributed by atoms with Crippen LogP contribution >= 0.6 is 0 Å². The highest BCUT2D eigenvalue weighted by atomic mass is 16.3. The van der Waals surface area contributed by atoms with E-state index in [2.05, 4.69) is 31.3 Å². The molecule has 0 bridgehead atoms. The van der Waals surface area contributed by atoms with Gasteiger partial charge in [-0.25, -0.2) is 0 Å². The Morgan fingerprint density at radius 2 is 0.678 bits per heavy atom. The Balaban J connectivity index is 3.59. The molecule has 5 heteroatoms. The molecule has 350 valence electrons. The Kier molecular flexibility index (Phi) is 48.5. The topological polar surface area (TPSA) is 89.8 Å². The van der Waals surface area contributed by atoms with Crippen molar-refractivity contribution in [3.8, 4) is 0 Å². The van der Waals surface area contributed by atoms with Crippen LogP contribution in [0.3, 0.4) is 0 Å². The fraction of sp³-hybridized carbons (Fsp3) is 0.907. The minimum atomic E-state index is -1.10. The van der Waals surface area contributed by atoms with E-state index in [9.17, 15) is 20.1 Å². The minimum absolute atomic E-state index is 0.362. The molecule has 0 saturated carbocycles. The first-order valence-electron chi connectivity index (χ1n) is 26.7. The second-order valence-corrected chi connectivity index (χ2v) is 18.4. The Labute approximate surface area is 369 Å². The molecule has 0 aromatic carbocycles. The molecule has 0 fully saturated rings. The van der Waals surface area contributed by atoms with Crippen molar-refractivity contribution in [2.24, 2.45) is 0 Å². The van der Waals surface area contributed by atoms with E-state index in [4.69, 9.17) is 0 Å². The number of hydrogen-bond acceptors (Lipinski definition) is 4. The van der Waals surface area contributed by atoms with E-state index >= 15 is 0 Å². The van der Waals surface area contributed by atoms with Gasteiger partial charge in [-0.3, -0.25) is 4.79 Å². The van der Waals surface area contributed by atoms with Crippen molar-refractivity contribution in [2.75, 3.05) is 6.61 Å². The molecule has 0 rings (SSSR count). The van der Waals surface area contributed by atoms with Crippen LogP contribution in [0.1, 0.15) is 290 Å². The average molecular weight is 832 g/mol. The van der Waals surface area contributed by atoms with Crippen LogP contribution in [0.4, 0.5) is 0 Å². The summed E-state index contributed by atoms with van der Waals surface area (Å²) in [7, 11) is 0. The van der Waals surface area contributed by atoms with Crippen LogP contribution in [0, 0.1) is 0 Å². The molecule has 3 atom stereocenters. The second-order valence-electron chi connectivity index (χ2n) is 18.4. The third-order valence-electron chi connectivity index (χ3n) is 12.5. The predicted molar refractivity (Wildman–Crippen MR) is 259 cm³/mol. The normalized spacial score (nSPS) is 13.5. The van der Waals surface area contributed by atoms with Crippen LogP contribution in [0.2, 0.25) is 0 Å². The molecule has 0 aromatic rings. The van der Waals surface area contributed by atoms with Crippen LogP contribution < -0.4 is 5.32 Å². The largest absolute Gasteiger partial charge is 0.394 e. The van der Waals surface area contributed by atoms with Gasteiger partial charge in [0.2, 0.25) is 5.91 Å². The number of hydrogen-bond donors (Lipinski definition) is 4. The molecule has 0 spiro atoms. The maximum atomic E-state index is 12.5. The summed E-state index contributed by atoms with van der Waals surface area (Å²) >= 11 is 0. The fourth-order valence-electron chi connectivity index (χ4n) is 8.36. The summed E-state index contributed by atoms with van der Waals surface area (Å²) in [5.41, 5.74) is 0. The fourth-order valence-corrected chi connectivity index (χ4v) is 8.36. The molecule has 0 aromatic heterocycles. The summed E-state index contributed by atoms with van der Waals surface area (Å²) in [5.74, 6) is -0.501. The molecule has 0 heterocycles. The van der Waals surface area contributed by atoms with Crippen molar-refractivity contribution in [1.29, 1.82) is 0 Å². The van der Waals surface area contributed by atoms with Crippen LogP contribution in [0.25, 0.3) is 0 Å². The third-order valence-corrected chi connectivity index (χ3v) is 12.5. The van der Waals surface area contributed by atoms with E-state index in [0.717, 1.165) is 32.1 Å². The van der Waals surface area contributed by atoms with Crippen LogP contribution in [0.5, 0.6) is 0 Å². The van der Waals surface area contributed by atoms with E-state index in [0.29, 0.717) is 6.42 Å². The van der Waals surface area contributed by atoms with Gasteiger partial charge in [0.15, 0.2) is 0 Å². The quantitative estimate of drug-likeness (QED) is 0.0363. The summed E-state index contributed by atoms with van der Waals surface area (Å²) in [6.45, 7) is 4.21. The van der Waals surface area contributed by atoms with E-state index in [-0.39, 0.29) is 6.61 Å². The number of unbranched alkanes of at least 4 members (excludes halogenated alkanes) is 39. The standard InChI is InChI=1S/C54H105NO4/c1-3-5-7-9-11-13-15-17-19-21-23-25-26-27-29-31-33-35-37-39-41-43-45-47-49-53(58)54(59)55-51(50-56)52(57)48-46-44-42-40-38-36-34-32-30-28-24-22-20-18-16-14-12-10-8-6-4-2/h27,29,46,48,51-53,56-58H,3-26,28,30-45,47,49-50H2,1-2H3,(H,55,59)/b29-27-,48-46+. The summed E-state index contributed by atoms with van der Waals surface area (Å²) in [5, 5.41) is 33.3. The van der Waals surface area contributed by atoms with Crippen molar-refractivity contribution in [3.63, 3.8) is 0 Å². The van der Waals surface area contributed by atoms with E-state index in [1.54, 1.807) is 6.08 Å². The molecule has 1 amide bonds. The van der Waals surface area contributed by atoms with Crippen molar-refractivity contribution in [2.45, 2.75) is 308 Å². The molecule has 5 nitrogen and oxygen atoms in total. The first kappa shape index (κ1) is 57.8. The summed E-state index contributed by atoms with van der Waals surface area (Å²) in [6, 6.07) is -0.798. The monoisotopic (exact) mass is 832 g/mol. The zero-order valence-electron chi connectivity index (χ0n) is 39.9. The number of nitrogens with one attached hydrogen (secondary N) is 1. The first-order valence-corrected chi connectivity index (χ1v) is 26.7. The van der Waals surface area contributed by atoms with Crippen molar-refractivity contribution in [1.82, 2.24) is 5.32 Å². The highest BCUT2D eigenvalue weighted by molar-refractivity contribution is 5.80. The third kappa shape index (κ3) is 44.7. The van der Waals surface area contributed by atoms with Gasteiger partial charge in [-0.2, -0.15) is 0 Å². The SMILES string of the molecule is CCCCCCCCCCCCCC/C=C\CCCCCCCCCCC(O)C(=O)NC(CO)C(O)/C=C/CCCCCCCCCCCCCCCCCCCCC. The zero-order valence-corrected chi connectivity index (χ0v) is 39.9. The maximum absolute atomic E-state index is 12.5. The first-order chi connectivity index (χ1) is 29.1. The Bertz CT molecular complexity index is 874. The summed E-state index contributed by atoms with van der Waals surface area (Å²) in [6.07, 6.45) is 62.4. The summed E-state index contributed by atoms with van der Waals surface area (Å²) < 4.78 is 0. The van der Waals surface area contributed by atoms with Gasteiger partial charge in [0.05, 0.1) is 18.8 Å². The summed E-state index contributed by atoms with van der Waals surface area (Å²) in [4.78, 5) is 12.5. The smallest absolute Gasteiger partial charge is 0.249 e. The number of carbonyl (C=O) groups excluding carboxylic acids is 1. The predicted octanol–water partition coefficient (Wildman–Crippen LogP) is 16.1. The van der Waals surface area contributed by atoms with Gasteiger partial charge in [-0.15, -0.1) is 0 Å². The molecular weight excluding hydrogens is 727 g/mol. The highest BCUT2D eigenvalue weighted by Crippen LogP contribution is 2.17. The van der Waals surface area contributed by atoms with E-state index in [1.807, 2.05) is 6.08 Å². The lowest BCUT2D eigenvalue weighted by Crippen LogP contribution is -2.48. The zero-order chi connectivity index (χ0) is 43.0. The van der Waals surface area contributed by atoms with Crippen molar-refractivity contribution in [3.05, 3.63) is 24.3 Å². The van der Waals surface area contributed by atoms with Gasteiger partial charge in [0.25, 0.3) is 0 Å². The average Bonchev–Trinajstić information content (AvgIpc) is 3.24. The van der Waals surface area contributed by atoms with Gasteiger partial charge in [0.1, 0.15) is 6.10 Å². The lowest BCUT2D eigenvalue weighted by atomic mass is 10.0. The highest BCUT2D eigenvalue weighted by Gasteiger charge is 2.22. The van der Waals surface area contributed by atoms with Crippen molar-refractivity contribution >= 4 is 5.91 Å². The lowest BCUT2D eigenvalue weighted by Gasteiger charge is -2.21. The Morgan fingerprint density at radius 1 is 0.407 bits per heavy atom. The number of carbonyl (C=O) groups is 1. The van der Waals surface area contributed by atoms with E-state index in [1.165, 1.54) is 238 Å². The number of allylic oxidation sites excluding steroid dienone is 3.